The van der Waals surface area contributed by atoms with Crippen LogP contribution < -0.4 is 5.32 Å². The molecule has 1 fully saturated rings. The van der Waals surface area contributed by atoms with E-state index in [0.717, 1.165) is 40.8 Å². The number of esters is 1. The van der Waals surface area contributed by atoms with Crippen molar-refractivity contribution in [2.45, 2.75) is 72.6 Å². The van der Waals surface area contributed by atoms with Crippen molar-refractivity contribution in [1.29, 1.82) is 0 Å². The maximum absolute atomic E-state index is 12.8. The van der Waals surface area contributed by atoms with Crippen LogP contribution in [0.15, 0.2) is 36.4 Å². The van der Waals surface area contributed by atoms with E-state index in [1.165, 1.54) is 0 Å². The topological polar surface area (TPSA) is 67.9 Å². The van der Waals surface area contributed by atoms with Crippen molar-refractivity contribution in [3.05, 3.63) is 64.2 Å². The van der Waals surface area contributed by atoms with Gasteiger partial charge >= 0.3 is 12.1 Å². The fourth-order valence-electron chi connectivity index (χ4n) is 4.27. The van der Waals surface area contributed by atoms with E-state index in [4.69, 9.17) is 9.47 Å². The van der Waals surface area contributed by atoms with Gasteiger partial charge in [-0.1, -0.05) is 36.4 Å². The summed E-state index contributed by atoms with van der Waals surface area (Å²) in [5.41, 5.74) is 4.96. The molecule has 1 amide bonds. The number of carbonyl (C=O) groups is 2. The van der Waals surface area contributed by atoms with Crippen LogP contribution in [0.5, 0.6) is 0 Å². The van der Waals surface area contributed by atoms with Crippen molar-refractivity contribution in [3.63, 3.8) is 0 Å². The molecule has 0 radical (unpaired) electrons. The fourth-order valence-corrected chi connectivity index (χ4v) is 4.27. The van der Waals surface area contributed by atoms with E-state index in [-0.39, 0.29) is 24.7 Å². The predicted molar refractivity (Wildman–Crippen MR) is 131 cm³/mol. The number of piperidine rings is 1. The van der Waals surface area contributed by atoms with Crippen molar-refractivity contribution in [1.82, 2.24) is 4.90 Å². The average molecular weight is 453 g/mol. The van der Waals surface area contributed by atoms with Gasteiger partial charge in [-0.25, -0.2) is 9.59 Å². The molecular weight excluding hydrogens is 416 g/mol. The summed E-state index contributed by atoms with van der Waals surface area (Å²) in [6.45, 7) is 13.2. The van der Waals surface area contributed by atoms with Crippen LogP contribution in [-0.2, 0) is 16.1 Å². The summed E-state index contributed by atoms with van der Waals surface area (Å²) in [5, 5.41) is 3.63. The Morgan fingerprint density at radius 1 is 1.03 bits per heavy atom. The molecule has 33 heavy (non-hydrogen) atoms. The van der Waals surface area contributed by atoms with Crippen molar-refractivity contribution in [2.75, 3.05) is 18.4 Å². The number of likely N-dealkylation sites (tertiary alicyclic amines) is 1. The summed E-state index contributed by atoms with van der Waals surface area (Å²) in [7, 11) is 0. The zero-order chi connectivity index (χ0) is 24.2. The van der Waals surface area contributed by atoms with Crippen LogP contribution in [0.1, 0.15) is 66.2 Å². The number of hydrogen-bond acceptors (Lipinski definition) is 5. The summed E-state index contributed by atoms with van der Waals surface area (Å²) in [6.07, 6.45) is 1.36. The molecular formula is C27H36N2O4. The summed E-state index contributed by atoms with van der Waals surface area (Å²) in [5.74, 6) is -0.295. The monoisotopic (exact) mass is 452 g/mol. The van der Waals surface area contributed by atoms with Gasteiger partial charge in [0.1, 0.15) is 12.2 Å². The third-order valence-corrected chi connectivity index (χ3v) is 5.88. The third-order valence-electron chi connectivity index (χ3n) is 5.88. The molecule has 0 spiro atoms. The smallest absolute Gasteiger partial charge is 0.410 e. The van der Waals surface area contributed by atoms with Gasteiger partial charge in [0.15, 0.2) is 0 Å². The Kier molecular flexibility index (Phi) is 7.67. The van der Waals surface area contributed by atoms with Gasteiger partial charge in [-0.05, 0) is 76.6 Å². The molecule has 1 heterocycles. The molecule has 6 heteroatoms. The lowest BCUT2D eigenvalue weighted by Gasteiger charge is -2.33. The van der Waals surface area contributed by atoms with Crippen molar-refractivity contribution in [2.24, 2.45) is 0 Å². The highest BCUT2D eigenvalue weighted by atomic mass is 16.6. The quantitative estimate of drug-likeness (QED) is 0.583. The minimum absolute atomic E-state index is 0.217. The van der Waals surface area contributed by atoms with Crippen molar-refractivity contribution in [3.8, 4) is 0 Å². The second-order valence-corrected chi connectivity index (χ2v) is 9.83. The number of benzene rings is 2. The molecule has 0 atom stereocenters. The lowest BCUT2D eigenvalue weighted by Crippen LogP contribution is -2.42. The minimum atomic E-state index is -0.545. The van der Waals surface area contributed by atoms with Crippen LogP contribution in [0.4, 0.5) is 10.5 Å². The van der Waals surface area contributed by atoms with Crippen molar-refractivity contribution < 1.29 is 19.1 Å². The van der Waals surface area contributed by atoms with Crippen LogP contribution in [-0.4, -0.2) is 41.7 Å². The Morgan fingerprint density at radius 2 is 1.67 bits per heavy atom. The van der Waals surface area contributed by atoms with Crippen LogP contribution in [0.2, 0.25) is 0 Å². The van der Waals surface area contributed by atoms with Crippen LogP contribution in [0, 0.1) is 20.8 Å². The number of rotatable bonds is 5. The van der Waals surface area contributed by atoms with Gasteiger partial charge in [0.25, 0.3) is 0 Å². The van der Waals surface area contributed by atoms with Crippen molar-refractivity contribution >= 4 is 17.7 Å². The van der Waals surface area contributed by atoms with E-state index in [2.05, 4.69) is 12.2 Å². The first kappa shape index (κ1) is 24.6. The Bertz CT molecular complexity index is 987. The molecule has 0 aliphatic carbocycles. The molecule has 1 aliphatic heterocycles. The second-order valence-electron chi connectivity index (χ2n) is 9.83. The van der Waals surface area contributed by atoms with E-state index in [0.29, 0.717) is 18.7 Å². The highest BCUT2D eigenvalue weighted by Gasteiger charge is 2.27. The average Bonchev–Trinajstić information content (AvgIpc) is 2.74. The van der Waals surface area contributed by atoms with E-state index in [1.54, 1.807) is 4.90 Å². The van der Waals surface area contributed by atoms with Crippen LogP contribution in [0.25, 0.3) is 0 Å². The highest BCUT2D eigenvalue weighted by Crippen LogP contribution is 2.30. The molecule has 1 N–H and O–H groups in total. The molecule has 3 rings (SSSR count). The number of nitrogens with one attached hydrogen (secondary N) is 1. The molecule has 6 nitrogen and oxygen atoms in total. The van der Waals surface area contributed by atoms with Gasteiger partial charge in [-0.3, -0.25) is 0 Å². The van der Waals surface area contributed by atoms with Gasteiger partial charge in [-0.15, -0.1) is 0 Å². The van der Waals surface area contributed by atoms with E-state index < -0.39 is 5.60 Å². The second kappa shape index (κ2) is 10.3. The zero-order valence-corrected chi connectivity index (χ0v) is 20.7. The number of anilines is 1. The van der Waals surface area contributed by atoms with E-state index >= 15 is 0 Å². The number of ether oxygens (including phenoxy) is 2. The molecule has 1 aliphatic rings. The number of hydrogen-bond donors (Lipinski definition) is 1. The fraction of sp³-hybridized carbons (Fsp3) is 0.481. The molecule has 178 valence electrons. The molecule has 0 aromatic heterocycles. The first-order chi connectivity index (χ1) is 15.5. The SMILES string of the molecule is Cc1cc(C)c(C(=O)OC(C)(C)C)c(C)c1NC1CCN(C(=O)OCc2ccccc2)CC1. The third kappa shape index (κ3) is 6.50. The predicted octanol–water partition coefficient (Wildman–Crippen LogP) is 5.78. The standard InChI is InChI=1S/C27H36N2O4/c1-18-16-19(2)24(20(3)23(18)25(30)33-27(4,5)6)28-22-12-14-29(15-13-22)26(31)32-17-21-10-8-7-9-11-21/h7-11,16,22,28H,12-15,17H2,1-6H3. The lowest BCUT2D eigenvalue weighted by molar-refractivity contribution is 0.00679. The molecule has 0 unspecified atom stereocenters. The number of nitrogens with zero attached hydrogens (tertiary/aromatic N) is 1. The Labute approximate surface area is 197 Å². The van der Waals surface area contributed by atoms with Crippen LogP contribution in [0.3, 0.4) is 0 Å². The zero-order valence-electron chi connectivity index (χ0n) is 20.7. The van der Waals surface area contributed by atoms with Gasteiger partial charge < -0.3 is 19.7 Å². The van der Waals surface area contributed by atoms with Gasteiger partial charge in [0.2, 0.25) is 0 Å². The normalized spacial score (nSPS) is 14.7. The van der Waals surface area contributed by atoms with E-state index in [9.17, 15) is 9.59 Å². The largest absolute Gasteiger partial charge is 0.456 e. The number of aryl methyl sites for hydroxylation is 2. The lowest BCUT2D eigenvalue weighted by atomic mass is 9.95. The van der Waals surface area contributed by atoms with E-state index in [1.807, 2.05) is 71.0 Å². The highest BCUT2D eigenvalue weighted by molar-refractivity contribution is 5.95. The summed E-state index contributed by atoms with van der Waals surface area (Å²) in [6, 6.07) is 12.0. The van der Waals surface area contributed by atoms with Gasteiger partial charge in [0, 0.05) is 24.8 Å². The molecule has 2 aromatic carbocycles. The maximum Gasteiger partial charge on any atom is 0.410 e. The van der Waals surface area contributed by atoms with Crippen LogP contribution >= 0.6 is 0 Å². The Morgan fingerprint density at radius 3 is 2.27 bits per heavy atom. The molecule has 2 aromatic rings. The minimum Gasteiger partial charge on any atom is -0.456 e. The van der Waals surface area contributed by atoms with Gasteiger partial charge in [0.05, 0.1) is 5.56 Å². The first-order valence-corrected chi connectivity index (χ1v) is 11.6. The molecule has 0 saturated carbocycles. The number of carbonyl (C=O) groups excluding carboxylic acids is 2. The summed E-state index contributed by atoms with van der Waals surface area (Å²) >= 11 is 0. The Balaban J connectivity index is 1.61. The maximum atomic E-state index is 12.8. The number of amides is 1. The van der Waals surface area contributed by atoms with Gasteiger partial charge in [-0.2, -0.15) is 0 Å². The first-order valence-electron chi connectivity index (χ1n) is 11.6. The Hall–Kier alpha value is -3.02. The summed E-state index contributed by atoms with van der Waals surface area (Å²) in [4.78, 5) is 27.0. The summed E-state index contributed by atoms with van der Waals surface area (Å²) < 4.78 is 11.1. The molecule has 1 saturated heterocycles. The molecule has 0 bridgehead atoms.